The molecule has 0 atom stereocenters. The van der Waals surface area contributed by atoms with Crippen LogP contribution in [0.1, 0.15) is 29.4 Å². The summed E-state index contributed by atoms with van der Waals surface area (Å²) in [6.07, 6.45) is 1.60. The third kappa shape index (κ3) is 3.49. The van der Waals surface area contributed by atoms with Gasteiger partial charge < -0.3 is 5.32 Å². The summed E-state index contributed by atoms with van der Waals surface area (Å²) in [5, 5.41) is 16.4. The molecule has 0 aliphatic rings. The van der Waals surface area contributed by atoms with Crippen LogP contribution in [0.2, 0.25) is 0 Å². The van der Waals surface area contributed by atoms with Gasteiger partial charge >= 0.3 is 0 Å². The molecule has 0 aliphatic heterocycles. The van der Waals surface area contributed by atoms with Crippen LogP contribution in [0, 0.1) is 13.8 Å². The van der Waals surface area contributed by atoms with Crippen molar-refractivity contribution in [2.75, 3.05) is 6.54 Å². The highest BCUT2D eigenvalue weighted by Crippen LogP contribution is 2.16. The Hall–Kier alpha value is -1.71. The molecule has 0 aromatic carbocycles. The van der Waals surface area contributed by atoms with Gasteiger partial charge in [0, 0.05) is 35.6 Å². The molecule has 8 nitrogen and oxygen atoms in total. The SMILES string of the molecule is CCNCc1c(S(=O)(=O)NCc2cn[nH]c2C)n[nH]c1C. The Balaban J connectivity index is 2.18. The molecule has 0 unspecified atom stereocenters. The van der Waals surface area contributed by atoms with Crippen LogP contribution in [-0.2, 0) is 23.1 Å². The van der Waals surface area contributed by atoms with Crippen molar-refractivity contribution in [1.82, 2.24) is 30.4 Å². The molecule has 2 rings (SSSR count). The maximum atomic E-state index is 12.4. The van der Waals surface area contributed by atoms with Gasteiger partial charge in [0.25, 0.3) is 10.0 Å². The van der Waals surface area contributed by atoms with Crippen molar-refractivity contribution < 1.29 is 8.42 Å². The summed E-state index contributed by atoms with van der Waals surface area (Å²) in [5.74, 6) is 0. The first-order chi connectivity index (χ1) is 9.95. The zero-order valence-corrected chi connectivity index (χ0v) is 13.1. The van der Waals surface area contributed by atoms with Gasteiger partial charge in [-0.1, -0.05) is 6.92 Å². The summed E-state index contributed by atoms with van der Waals surface area (Å²) >= 11 is 0. The normalized spacial score (nSPS) is 12.0. The highest BCUT2D eigenvalue weighted by atomic mass is 32.2. The van der Waals surface area contributed by atoms with Gasteiger partial charge in [0.15, 0.2) is 5.03 Å². The number of H-pyrrole nitrogens is 2. The van der Waals surface area contributed by atoms with E-state index in [0.717, 1.165) is 23.5 Å². The fraction of sp³-hybridized carbons (Fsp3) is 0.500. The van der Waals surface area contributed by atoms with Gasteiger partial charge in [-0.3, -0.25) is 10.2 Å². The molecule has 4 N–H and O–H groups in total. The molecule has 0 bridgehead atoms. The van der Waals surface area contributed by atoms with Gasteiger partial charge in [-0.2, -0.15) is 10.2 Å². The van der Waals surface area contributed by atoms with Crippen molar-refractivity contribution in [1.29, 1.82) is 0 Å². The fourth-order valence-corrected chi connectivity index (χ4v) is 3.10. The van der Waals surface area contributed by atoms with E-state index in [4.69, 9.17) is 0 Å². The first-order valence-corrected chi connectivity index (χ1v) is 8.17. The lowest BCUT2D eigenvalue weighted by molar-refractivity contribution is 0.574. The lowest BCUT2D eigenvalue weighted by Crippen LogP contribution is -2.26. The summed E-state index contributed by atoms with van der Waals surface area (Å²) in [4.78, 5) is 0. The van der Waals surface area contributed by atoms with E-state index in [-0.39, 0.29) is 11.6 Å². The minimum absolute atomic E-state index is 0.0436. The fourth-order valence-electron chi connectivity index (χ4n) is 1.91. The highest BCUT2D eigenvalue weighted by molar-refractivity contribution is 7.89. The van der Waals surface area contributed by atoms with Crippen LogP contribution < -0.4 is 10.0 Å². The molecule has 2 heterocycles. The average molecular weight is 312 g/mol. The molecule has 0 saturated heterocycles. The zero-order valence-electron chi connectivity index (χ0n) is 12.3. The summed E-state index contributed by atoms with van der Waals surface area (Å²) in [5.41, 5.74) is 3.05. The summed E-state index contributed by atoms with van der Waals surface area (Å²) < 4.78 is 27.3. The Morgan fingerprint density at radius 2 is 1.95 bits per heavy atom. The smallest absolute Gasteiger partial charge is 0.260 e. The largest absolute Gasteiger partial charge is 0.313 e. The van der Waals surface area contributed by atoms with Gasteiger partial charge in [-0.25, -0.2) is 13.1 Å². The minimum Gasteiger partial charge on any atom is -0.313 e. The Labute approximate surface area is 123 Å². The Morgan fingerprint density at radius 3 is 2.57 bits per heavy atom. The topological polar surface area (TPSA) is 116 Å². The molecular formula is C12H20N6O2S. The second-order valence-corrected chi connectivity index (χ2v) is 6.44. The van der Waals surface area contributed by atoms with E-state index in [2.05, 4.69) is 30.4 Å². The summed E-state index contributed by atoms with van der Waals surface area (Å²) in [6.45, 7) is 7.00. The molecule has 116 valence electrons. The number of sulfonamides is 1. The Kier molecular flexibility index (Phi) is 4.76. The van der Waals surface area contributed by atoms with Crippen molar-refractivity contribution in [3.63, 3.8) is 0 Å². The van der Waals surface area contributed by atoms with E-state index in [0.29, 0.717) is 12.1 Å². The molecule has 0 aliphatic carbocycles. The Bertz CT molecular complexity index is 703. The number of aryl methyl sites for hydroxylation is 2. The van der Waals surface area contributed by atoms with Crippen LogP contribution in [-0.4, -0.2) is 35.4 Å². The van der Waals surface area contributed by atoms with Crippen molar-refractivity contribution >= 4 is 10.0 Å². The second kappa shape index (κ2) is 6.37. The van der Waals surface area contributed by atoms with Gasteiger partial charge in [0.2, 0.25) is 0 Å². The standard InChI is InChI=1S/C12H20N6O2S/c1-4-13-7-11-9(3)17-18-12(11)21(19,20)15-6-10-5-14-16-8(10)2/h5,13,15H,4,6-7H2,1-3H3,(H,14,16)(H,17,18). The number of nitrogens with zero attached hydrogens (tertiary/aromatic N) is 2. The van der Waals surface area contributed by atoms with Crippen molar-refractivity contribution in [2.45, 2.75) is 38.9 Å². The molecule has 0 radical (unpaired) electrons. The first-order valence-electron chi connectivity index (χ1n) is 6.68. The predicted octanol–water partition coefficient (Wildman–Crippen LogP) is 0.338. The van der Waals surface area contributed by atoms with E-state index in [1.54, 1.807) is 13.1 Å². The van der Waals surface area contributed by atoms with Crippen molar-refractivity contribution in [2.24, 2.45) is 0 Å². The molecule has 0 saturated carbocycles. The molecule has 2 aromatic heterocycles. The van der Waals surface area contributed by atoms with Crippen LogP contribution in [0.3, 0.4) is 0 Å². The molecule has 9 heteroatoms. The summed E-state index contributed by atoms with van der Waals surface area (Å²) in [7, 11) is -3.67. The maximum Gasteiger partial charge on any atom is 0.260 e. The van der Waals surface area contributed by atoms with E-state index in [1.165, 1.54) is 0 Å². The van der Waals surface area contributed by atoms with Gasteiger partial charge in [-0.15, -0.1) is 0 Å². The number of hydrogen-bond acceptors (Lipinski definition) is 5. The minimum atomic E-state index is -3.67. The highest BCUT2D eigenvalue weighted by Gasteiger charge is 2.23. The molecule has 0 amide bonds. The van der Waals surface area contributed by atoms with E-state index in [1.807, 2.05) is 13.8 Å². The first kappa shape index (κ1) is 15.7. The number of nitrogens with one attached hydrogen (secondary N) is 4. The van der Waals surface area contributed by atoms with Crippen LogP contribution in [0.4, 0.5) is 0 Å². The second-order valence-electron chi connectivity index (χ2n) is 4.76. The zero-order chi connectivity index (χ0) is 15.5. The predicted molar refractivity (Wildman–Crippen MR) is 78.1 cm³/mol. The lowest BCUT2D eigenvalue weighted by Gasteiger charge is -2.07. The molecule has 21 heavy (non-hydrogen) atoms. The summed E-state index contributed by atoms with van der Waals surface area (Å²) in [6, 6.07) is 0. The number of hydrogen-bond donors (Lipinski definition) is 4. The number of aromatic amines is 2. The van der Waals surface area contributed by atoms with Crippen molar-refractivity contribution in [3.8, 4) is 0 Å². The quantitative estimate of drug-likeness (QED) is 0.588. The van der Waals surface area contributed by atoms with Crippen LogP contribution in [0.25, 0.3) is 0 Å². The maximum absolute atomic E-state index is 12.4. The Morgan fingerprint density at radius 1 is 1.19 bits per heavy atom. The van der Waals surface area contributed by atoms with Crippen LogP contribution >= 0.6 is 0 Å². The van der Waals surface area contributed by atoms with Gasteiger partial charge in [0.05, 0.1) is 6.20 Å². The van der Waals surface area contributed by atoms with E-state index < -0.39 is 10.0 Å². The van der Waals surface area contributed by atoms with Gasteiger partial charge in [0.1, 0.15) is 0 Å². The molecular weight excluding hydrogens is 292 g/mol. The van der Waals surface area contributed by atoms with Crippen molar-refractivity contribution in [3.05, 3.63) is 28.7 Å². The third-order valence-electron chi connectivity index (χ3n) is 3.23. The monoisotopic (exact) mass is 312 g/mol. The third-order valence-corrected chi connectivity index (χ3v) is 4.60. The molecule has 0 fully saturated rings. The average Bonchev–Trinajstić information content (AvgIpc) is 3.01. The van der Waals surface area contributed by atoms with E-state index in [9.17, 15) is 8.42 Å². The molecule has 0 spiro atoms. The molecule has 2 aromatic rings. The van der Waals surface area contributed by atoms with Gasteiger partial charge in [-0.05, 0) is 20.4 Å². The lowest BCUT2D eigenvalue weighted by atomic mass is 10.2. The van der Waals surface area contributed by atoms with Crippen LogP contribution in [0.15, 0.2) is 11.2 Å². The van der Waals surface area contributed by atoms with E-state index >= 15 is 0 Å². The van der Waals surface area contributed by atoms with Crippen LogP contribution in [0.5, 0.6) is 0 Å². The number of aromatic nitrogens is 4. The number of rotatable bonds is 7.